The van der Waals surface area contributed by atoms with Crippen molar-refractivity contribution >= 4 is 34.2 Å². The highest BCUT2D eigenvalue weighted by Crippen LogP contribution is 2.23. The fraction of sp³-hybridized carbons (Fsp3) is 0.125. The average molecular weight is 232 g/mol. The van der Waals surface area contributed by atoms with Crippen LogP contribution in [0.1, 0.15) is 5.56 Å². The molecule has 14 heavy (non-hydrogen) atoms. The normalized spacial score (nSPS) is 10.9. The summed E-state index contributed by atoms with van der Waals surface area (Å²) in [5.41, 5.74) is 0.664. The van der Waals surface area contributed by atoms with Gasteiger partial charge in [-0.05, 0) is 18.5 Å². The van der Waals surface area contributed by atoms with Gasteiger partial charge in [-0.15, -0.1) is 0 Å². The van der Waals surface area contributed by atoms with E-state index in [0.717, 1.165) is 0 Å². The predicted molar refractivity (Wildman–Crippen MR) is 52.0 cm³/mol. The van der Waals surface area contributed by atoms with Gasteiger partial charge in [-0.25, -0.2) is 14.4 Å². The van der Waals surface area contributed by atoms with Gasteiger partial charge in [-0.3, -0.25) is 4.98 Å². The van der Waals surface area contributed by atoms with E-state index in [2.05, 4.69) is 15.0 Å². The van der Waals surface area contributed by atoms with Crippen LogP contribution >= 0.6 is 23.2 Å². The quantitative estimate of drug-likeness (QED) is 0.517. The molecule has 0 amide bonds. The molecule has 0 atom stereocenters. The lowest BCUT2D eigenvalue weighted by Gasteiger charge is -2.02. The van der Waals surface area contributed by atoms with Crippen molar-refractivity contribution in [2.24, 2.45) is 0 Å². The Hall–Kier alpha value is -1.00. The minimum absolute atomic E-state index is 0.0509. The Morgan fingerprint density at radius 1 is 1.21 bits per heavy atom. The van der Waals surface area contributed by atoms with Crippen LogP contribution in [-0.2, 0) is 0 Å². The van der Waals surface area contributed by atoms with Crippen LogP contribution in [0.5, 0.6) is 0 Å². The molecule has 2 heterocycles. The second-order valence-electron chi connectivity index (χ2n) is 2.74. The molecule has 72 valence electrons. The number of aromatic nitrogens is 3. The second-order valence-corrected chi connectivity index (χ2v) is 3.43. The van der Waals surface area contributed by atoms with Gasteiger partial charge >= 0.3 is 0 Å². The lowest BCUT2D eigenvalue weighted by atomic mass is 10.2. The highest BCUT2D eigenvalue weighted by molar-refractivity contribution is 6.35. The van der Waals surface area contributed by atoms with Crippen LogP contribution in [0.15, 0.2) is 6.20 Å². The van der Waals surface area contributed by atoms with Crippen molar-refractivity contribution in [1.82, 2.24) is 15.0 Å². The highest BCUT2D eigenvalue weighted by Gasteiger charge is 2.11. The molecule has 2 aromatic rings. The molecule has 0 radical (unpaired) electrons. The first-order valence-electron chi connectivity index (χ1n) is 3.73. The fourth-order valence-electron chi connectivity index (χ4n) is 1.07. The minimum Gasteiger partial charge on any atom is -0.251 e. The van der Waals surface area contributed by atoms with Gasteiger partial charge in [0.25, 0.3) is 0 Å². The van der Waals surface area contributed by atoms with E-state index in [0.29, 0.717) is 5.56 Å². The zero-order valence-corrected chi connectivity index (χ0v) is 8.56. The molecule has 3 nitrogen and oxygen atoms in total. The molecule has 0 saturated carbocycles. The molecule has 0 saturated heterocycles. The molecule has 2 rings (SSSR count). The number of nitrogens with zero attached hydrogens (tertiary/aromatic N) is 3. The van der Waals surface area contributed by atoms with Crippen molar-refractivity contribution in [2.45, 2.75) is 6.92 Å². The Morgan fingerprint density at radius 2 is 1.93 bits per heavy atom. The zero-order chi connectivity index (χ0) is 10.3. The Balaban J connectivity index is 2.95. The summed E-state index contributed by atoms with van der Waals surface area (Å²) in [5.74, 6) is -0.471. The largest absolute Gasteiger partial charge is 0.251 e. The van der Waals surface area contributed by atoms with Crippen LogP contribution in [0.4, 0.5) is 4.39 Å². The molecular weight excluding hydrogens is 228 g/mol. The Labute approximate surface area is 88.9 Å². The monoisotopic (exact) mass is 231 g/mol. The van der Waals surface area contributed by atoms with E-state index in [1.54, 1.807) is 6.92 Å². The molecule has 0 aromatic carbocycles. The van der Waals surface area contributed by atoms with Crippen LogP contribution in [0, 0.1) is 12.7 Å². The third kappa shape index (κ3) is 1.40. The molecule has 0 bridgehead atoms. The topological polar surface area (TPSA) is 38.7 Å². The van der Waals surface area contributed by atoms with E-state index in [-0.39, 0.29) is 21.5 Å². The van der Waals surface area contributed by atoms with Crippen molar-refractivity contribution in [2.75, 3.05) is 0 Å². The van der Waals surface area contributed by atoms with E-state index in [1.165, 1.54) is 6.20 Å². The van der Waals surface area contributed by atoms with Crippen molar-refractivity contribution in [1.29, 1.82) is 0 Å². The summed E-state index contributed by atoms with van der Waals surface area (Å²) in [6.07, 6.45) is 1.38. The van der Waals surface area contributed by atoms with Gasteiger partial charge < -0.3 is 0 Å². The summed E-state index contributed by atoms with van der Waals surface area (Å²) in [7, 11) is 0. The Kier molecular flexibility index (Phi) is 2.25. The summed E-state index contributed by atoms with van der Waals surface area (Å²) in [6, 6.07) is 0. The van der Waals surface area contributed by atoms with E-state index >= 15 is 0 Å². The maximum absolute atomic E-state index is 13.5. The molecule has 6 heteroatoms. The van der Waals surface area contributed by atoms with Gasteiger partial charge in [0.05, 0.1) is 0 Å². The smallest absolute Gasteiger partial charge is 0.224 e. The molecule has 0 aliphatic heterocycles. The highest BCUT2D eigenvalue weighted by atomic mass is 35.5. The van der Waals surface area contributed by atoms with Gasteiger partial charge in [0.2, 0.25) is 5.28 Å². The molecule has 2 aromatic heterocycles. The molecule has 0 aliphatic carbocycles. The van der Waals surface area contributed by atoms with Crippen molar-refractivity contribution in [3.05, 3.63) is 28.0 Å². The lowest BCUT2D eigenvalue weighted by Crippen LogP contribution is -1.95. The van der Waals surface area contributed by atoms with Crippen molar-refractivity contribution in [3.8, 4) is 0 Å². The predicted octanol–water partition coefficient (Wildman–Crippen LogP) is 2.78. The number of fused-ring (bicyclic) bond motifs is 1. The van der Waals surface area contributed by atoms with Gasteiger partial charge in [0.15, 0.2) is 11.0 Å². The summed E-state index contributed by atoms with van der Waals surface area (Å²) in [5, 5.41) is -0.0345. The number of rotatable bonds is 0. The van der Waals surface area contributed by atoms with Crippen LogP contribution < -0.4 is 0 Å². The van der Waals surface area contributed by atoms with E-state index in [1.807, 2.05) is 0 Å². The Bertz CT molecular complexity index is 515. The molecule has 0 fully saturated rings. The Morgan fingerprint density at radius 3 is 2.64 bits per heavy atom. The summed E-state index contributed by atoms with van der Waals surface area (Å²) in [6.45, 7) is 1.59. The second kappa shape index (κ2) is 3.29. The maximum Gasteiger partial charge on any atom is 0.224 e. The maximum atomic E-state index is 13.5. The fourth-order valence-corrected chi connectivity index (χ4v) is 1.50. The molecule has 0 aliphatic rings. The van der Waals surface area contributed by atoms with E-state index in [4.69, 9.17) is 23.2 Å². The first-order valence-corrected chi connectivity index (χ1v) is 4.49. The minimum atomic E-state index is -0.471. The van der Waals surface area contributed by atoms with Crippen LogP contribution in [0.3, 0.4) is 0 Å². The standard InChI is InChI=1S/C8H4Cl2FN3/c1-3-2-12-6-5(4(3)11)13-8(10)14-7(6)9/h2H,1H3. The molecule has 0 spiro atoms. The zero-order valence-electron chi connectivity index (χ0n) is 7.05. The number of halogens is 3. The molecule has 0 N–H and O–H groups in total. The summed E-state index contributed by atoms with van der Waals surface area (Å²) < 4.78 is 13.5. The van der Waals surface area contributed by atoms with Crippen LogP contribution in [0.25, 0.3) is 11.0 Å². The van der Waals surface area contributed by atoms with Crippen molar-refractivity contribution < 1.29 is 4.39 Å². The van der Waals surface area contributed by atoms with E-state index < -0.39 is 5.82 Å². The van der Waals surface area contributed by atoms with Crippen LogP contribution in [-0.4, -0.2) is 15.0 Å². The van der Waals surface area contributed by atoms with Gasteiger partial charge in [0.1, 0.15) is 11.0 Å². The average Bonchev–Trinajstić information content (AvgIpc) is 2.12. The lowest BCUT2D eigenvalue weighted by molar-refractivity contribution is 0.625. The van der Waals surface area contributed by atoms with Crippen molar-refractivity contribution in [3.63, 3.8) is 0 Å². The van der Waals surface area contributed by atoms with Gasteiger partial charge in [-0.2, -0.15) is 0 Å². The summed E-state index contributed by atoms with van der Waals surface area (Å²) >= 11 is 11.3. The van der Waals surface area contributed by atoms with E-state index in [9.17, 15) is 4.39 Å². The molecular formula is C8H4Cl2FN3. The van der Waals surface area contributed by atoms with Gasteiger partial charge in [0, 0.05) is 11.8 Å². The number of hydrogen-bond donors (Lipinski definition) is 0. The van der Waals surface area contributed by atoms with Crippen LogP contribution in [0.2, 0.25) is 10.4 Å². The first kappa shape index (κ1) is 9.55. The first-order chi connectivity index (χ1) is 6.59. The SMILES string of the molecule is Cc1cnc2c(Cl)nc(Cl)nc2c1F. The van der Waals surface area contributed by atoms with Gasteiger partial charge in [-0.1, -0.05) is 11.6 Å². The third-order valence-corrected chi connectivity index (χ3v) is 2.19. The summed E-state index contributed by atoms with van der Waals surface area (Å²) in [4.78, 5) is 11.3. The third-order valence-electron chi connectivity index (χ3n) is 1.76. The number of aryl methyl sites for hydroxylation is 1. The molecule has 0 unspecified atom stereocenters. The number of pyridine rings is 1. The number of hydrogen-bond acceptors (Lipinski definition) is 3.